The van der Waals surface area contributed by atoms with Crippen LogP contribution in [-0.2, 0) is 4.74 Å². The molecule has 0 aliphatic carbocycles. The smallest absolute Gasteiger partial charge is 0.329 e. The van der Waals surface area contributed by atoms with Gasteiger partial charge >= 0.3 is 5.69 Å². The minimum absolute atomic E-state index is 0.0188. The van der Waals surface area contributed by atoms with E-state index in [2.05, 4.69) is 15.0 Å². The number of aromatic nitrogens is 4. The highest BCUT2D eigenvalue weighted by Crippen LogP contribution is 2.28. The summed E-state index contributed by atoms with van der Waals surface area (Å²) in [4.78, 5) is 32.2. The van der Waals surface area contributed by atoms with Crippen LogP contribution in [0.1, 0.15) is 12.6 Å². The van der Waals surface area contributed by atoms with Gasteiger partial charge in [-0.1, -0.05) is 0 Å². The van der Waals surface area contributed by atoms with E-state index in [1.165, 1.54) is 0 Å². The SMILES string of the molecule is Nc1nc2c([nH]c(=O)n2[C@@H]2C[C@H](O)[C@@H](CO)O2)c(=O)[nH]1. The van der Waals surface area contributed by atoms with Crippen molar-refractivity contribution in [1.29, 1.82) is 0 Å². The van der Waals surface area contributed by atoms with E-state index in [0.717, 1.165) is 4.57 Å². The lowest BCUT2D eigenvalue weighted by Gasteiger charge is -2.12. The van der Waals surface area contributed by atoms with Gasteiger partial charge in [-0.25, -0.2) is 9.36 Å². The molecule has 1 fully saturated rings. The Morgan fingerprint density at radius 2 is 2.20 bits per heavy atom. The van der Waals surface area contributed by atoms with Crippen molar-refractivity contribution < 1.29 is 14.9 Å². The lowest BCUT2D eigenvalue weighted by Crippen LogP contribution is -2.25. The minimum Gasteiger partial charge on any atom is -0.394 e. The molecule has 108 valence electrons. The molecule has 2 aromatic rings. The Morgan fingerprint density at radius 3 is 2.85 bits per heavy atom. The van der Waals surface area contributed by atoms with Crippen LogP contribution in [0.5, 0.6) is 0 Å². The largest absolute Gasteiger partial charge is 0.394 e. The first kappa shape index (κ1) is 12.8. The van der Waals surface area contributed by atoms with Gasteiger partial charge in [0.1, 0.15) is 12.3 Å². The number of hydrogen-bond acceptors (Lipinski definition) is 7. The second-order valence-electron chi connectivity index (χ2n) is 4.56. The summed E-state index contributed by atoms with van der Waals surface area (Å²) < 4.78 is 6.50. The van der Waals surface area contributed by atoms with E-state index in [-0.39, 0.29) is 30.1 Å². The molecule has 10 heteroatoms. The van der Waals surface area contributed by atoms with Crippen LogP contribution in [0.15, 0.2) is 9.59 Å². The van der Waals surface area contributed by atoms with Crippen molar-refractivity contribution >= 4 is 17.1 Å². The molecule has 20 heavy (non-hydrogen) atoms. The summed E-state index contributed by atoms with van der Waals surface area (Å²) in [5, 5.41) is 18.8. The van der Waals surface area contributed by atoms with Crippen molar-refractivity contribution in [2.45, 2.75) is 24.9 Å². The van der Waals surface area contributed by atoms with Crippen molar-refractivity contribution in [3.05, 3.63) is 20.8 Å². The van der Waals surface area contributed by atoms with Gasteiger partial charge in [0.2, 0.25) is 5.95 Å². The van der Waals surface area contributed by atoms with E-state index >= 15 is 0 Å². The third-order valence-electron chi connectivity index (χ3n) is 3.27. The molecule has 1 aliphatic heterocycles. The number of nitrogen functional groups attached to an aromatic ring is 1. The average molecular weight is 283 g/mol. The van der Waals surface area contributed by atoms with Gasteiger partial charge in [-0.2, -0.15) is 4.98 Å². The molecule has 0 radical (unpaired) electrons. The lowest BCUT2D eigenvalue weighted by molar-refractivity contribution is -0.0441. The second-order valence-corrected chi connectivity index (χ2v) is 4.56. The number of aliphatic hydroxyl groups is 2. The van der Waals surface area contributed by atoms with E-state index in [1.54, 1.807) is 0 Å². The Morgan fingerprint density at radius 1 is 1.45 bits per heavy atom. The Balaban J connectivity index is 2.15. The molecule has 0 saturated carbocycles. The number of rotatable bonds is 2. The Kier molecular flexibility index (Phi) is 2.85. The van der Waals surface area contributed by atoms with Crippen molar-refractivity contribution in [2.24, 2.45) is 0 Å². The summed E-state index contributed by atoms with van der Waals surface area (Å²) in [7, 11) is 0. The predicted octanol–water partition coefficient (Wildman–Crippen LogP) is -2.36. The number of hydrogen-bond donors (Lipinski definition) is 5. The molecule has 3 heterocycles. The number of aromatic amines is 2. The maximum Gasteiger partial charge on any atom is 0.329 e. The van der Waals surface area contributed by atoms with Crippen molar-refractivity contribution in [3.8, 4) is 0 Å². The molecular weight excluding hydrogens is 270 g/mol. The zero-order valence-corrected chi connectivity index (χ0v) is 10.2. The van der Waals surface area contributed by atoms with Crippen LogP contribution in [0.3, 0.4) is 0 Å². The molecule has 1 aliphatic rings. The zero-order chi connectivity index (χ0) is 14.4. The van der Waals surface area contributed by atoms with Crippen LogP contribution in [0, 0.1) is 0 Å². The highest BCUT2D eigenvalue weighted by molar-refractivity contribution is 5.70. The van der Waals surface area contributed by atoms with E-state index < -0.39 is 29.7 Å². The predicted molar refractivity (Wildman–Crippen MR) is 67.0 cm³/mol. The molecule has 0 bridgehead atoms. The summed E-state index contributed by atoms with van der Waals surface area (Å²) in [5.41, 5.74) is 4.32. The van der Waals surface area contributed by atoms with E-state index in [1.807, 2.05) is 0 Å². The van der Waals surface area contributed by atoms with Gasteiger partial charge in [0.05, 0.1) is 12.7 Å². The molecule has 0 amide bonds. The number of nitrogens with zero attached hydrogens (tertiary/aromatic N) is 2. The summed E-state index contributed by atoms with van der Waals surface area (Å²) in [6.07, 6.45) is -2.40. The molecule has 0 unspecified atom stereocenters. The number of nitrogens with two attached hydrogens (primary N) is 1. The first-order valence-electron chi connectivity index (χ1n) is 5.95. The fraction of sp³-hybridized carbons (Fsp3) is 0.500. The number of ether oxygens (including phenoxy) is 1. The fourth-order valence-corrected chi connectivity index (χ4v) is 2.33. The summed E-state index contributed by atoms with van der Waals surface area (Å²) in [6, 6.07) is 0. The quantitative estimate of drug-likeness (QED) is 0.412. The Hall–Kier alpha value is -2.17. The molecule has 6 N–H and O–H groups in total. The second kappa shape index (κ2) is 4.44. The fourth-order valence-electron chi connectivity index (χ4n) is 2.33. The first-order valence-corrected chi connectivity index (χ1v) is 5.95. The number of H-pyrrole nitrogens is 2. The van der Waals surface area contributed by atoms with Gasteiger partial charge in [0, 0.05) is 6.42 Å². The van der Waals surface area contributed by atoms with Crippen LogP contribution in [0.4, 0.5) is 5.95 Å². The molecule has 1 saturated heterocycles. The molecular formula is C10H13N5O5. The number of nitrogens with one attached hydrogen (secondary N) is 2. The summed E-state index contributed by atoms with van der Waals surface area (Å²) in [6.45, 7) is -0.370. The van der Waals surface area contributed by atoms with Gasteiger partial charge in [-0.15, -0.1) is 0 Å². The summed E-state index contributed by atoms with van der Waals surface area (Å²) in [5.74, 6) is -0.132. The Bertz CT molecular complexity index is 761. The average Bonchev–Trinajstić information content (AvgIpc) is 2.89. The molecule has 0 aromatic carbocycles. The van der Waals surface area contributed by atoms with E-state index in [0.29, 0.717) is 0 Å². The number of anilines is 1. The normalized spacial score (nSPS) is 26.4. The highest BCUT2D eigenvalue weighted by atomic mass is 16.5. The van der Waals surface area contributed by atoms with Gasteiger partial charge in [0.25, 0.3) is 5.56 Å². The van der Waals surface area contributed by atoms with Gasteiger partial charge in [-0.05, 0) is 0 Å². The number of aliphatic hydroxyl groups excluding tert-OH is 2. The number of fused-ring (bicyclic) bond motifs is 1. The van der Waals surface area contributed by atoms with Crippen LogP contribution in [0.2, 0.25) is 0 Å². The standard InChI is InChI=1S/C10H13N5O5/c11-9-13-7-6(8(18)14-9)12-10(19)15(7)5-1-3(17)4(2-16)20-5/h3-5,16-17H,1-2H2,(H,12,19)(H3,11,13,14,18)/t3-,4+,5-/m0/s1. The van der Waals surface area contributed by atoms with Crippen LogP contribution >= 0.6 is 0 Å². The third kappa shape index (κ3) is 1.81. The van der Waals surface area contributed by atoms with E-state index in [9.17, 15) is 14.7 Å². The monoisotopic (exact) mass is 283 g/mol. The van der Waals surface area contributed by atoms with Gasteiger partial charge in [0.15, 0.2) is 11.2 Å². The first-order chi connectivity index (χ1) is 9.51. The van der Waals surface area contributed by atoms with Crippen molar-refractivity contribution in [3.63, 3.8) is 0 Å². The van der Waals surface area contributed by atoms with E-state index in [4.69, 9.17) is 15.6 Å². The maximum atomic E-state index is 11.9. The zero-order valence-electron chi connectivity index (χ0n) is 10.2. The van der Waals surface area contributed by atoms with Crippen LogP contribution in [-0.4, -0.2) is 48.5 Å². The number of imidazole rings is 1. The molecule has 10 nitrogen and oxygen atoms in total. The molecule has 3 atom stereocenters. The lowest BCUT2D eigenvalue weighted by atomic mass is 10.2. The third-order valence-corrected chi connectivity index (χ3v) is 3.27. The summed E-state index contributed by atoms with van der Waals surface area (Å²) >= 11 is 0. The molecule has 0 spiro atoms. The molecule has 2 aromatic heterocycles. The van der Waals surface area contributed by atoms with Gasteiger partial charge in [-0.3, -0.25) is 14.8 Å². The van der Waals surface area contributed by atoms with Crippen molar-refractivity contribution in [1.82, 2.24) is 19.5 Å². The minimum atomic E-state index is -0.902. The molecule has 3 rings (SSSR count). The van der Waals surface area contributed by atoms with Crippen LogP contribution in [0.25, 0.3) is 11.2 Å². The van der Waals surface area contributed by atoms with Crippen LogP contribution < -0.4 is 17.0 Å². The Labute approximate surface area is 110 Å². The van der Waals surface area contributed by atoms with Crippen molar-refractivity contribution in [2.75, 3.05) is 12.3 Å². The van der Waals surface area contributed by atoms with Gasteiger partial charge < -0.3 is 20.7 Å². The topological polar surface area (TPSA) is 159 Å². The highest BCUT2D eigenvalue weighted by Gasteiger charge is 2.36. The maximum absolute atomic E-state index is 11.9.